The van der Waals surface area contributed by atoms with Crippen LogP contribution in [0.25, 0.3) is 10.1 Å². The van der Waals surface area contributed by atoms with Gasteiger partial charge in [-0.2, -0.15) is 0 Å². The first-order valence-corrected chi connectivity index (χ1v) is 10.4. The predicted octanol–water partition coefficient (Wildman–Crippen LogP) is 2.30. The lowest BCUT2D eigenvalue weighted by Crippen LogP contribution is -2.41. The Labute approximate surface area is 140 Å². The smallest absolute Gasteiger partial charge is 0.255 e. The van der Waals surface area contributed by atoms with E-state index in [1.807, 2.05) is 34.5 Å². The van der Waals surface area contributed by atoms with Crippen LogP contribution in [0, 0.1) is 5.92 Å². The molecule has 5 nitrogen and oxygen atoms in total. The molecule has 0 spiro atoms. The van der Waals surface area contributed by atoms with E-state index in [1.165, 1.54) is 6.26 Å². The SMILES string of the molecule is CS(=O)(=O)NCC1CCN(C(=O)c2cccc3ccsc23)CC1. The number of likely N-dealkylation sites (tertiary alicyclic amines) is 1. The number of nitrogens with zero attached hydrogens (tertiary/aromatic N) is 1. The van der Waals surface area contributed by atoms with Crippen LogP contribution < -0.4 is 4.72 Å². The average Bonchev–Trinajstić information content (AvgIpc) is 3.00. The summed E-state index contributed by atoms with van der Waals surface area (Å²) in [6, 6.07) is 7.86. The summed E-state index contributed by atoms with van der Waals surface area (Å²) in [7, 11) is -3.14. The van der Waals surface area contributed by atoms with Crippen molar-refractivity contribution >= 4 is 37.4 Å². The van der Waals surface area contributed by atoms with E-state index in [9.17, 15) is 13.2 Å². The minimum absolute atomic E-state index is 0.0765. The van der Waals surface area contributed by atoms with Crippen LogP contribution in [-0.4, -0.2) is 45.1 Å². The number of thiophene rings is 1. The standard InChI is InChI=1S/C16H20N2O3S2/c1-23(20,21)17-11-12-5-8-18(9-6-12)16(19)14-4-2-3-13-7-10-22-15(13)14/h2-4,7,10,12,17H,5-6,8-9,11H2,1H3. The Bertz CT molecular complexity index is 806. The van der Waals surface area contributed by atoms with E-state index >= 15 is 0 Å². The molecular formula is C16H20N2O3S2. The molecule has 7 heteroatoms. The molecule has 0 aliphatic carbocycles. The van der Waals surface area contributed by atoms with Crippen LogP contribution in [0.1, 0.15) is 23.2 Å². The summed E-state index contributed by atoms with van der Waals surface area (Å²) < 4.78 is 25.9. The van der Waals surface area contributed by atoms with Gasteiger partial charge in [-0.15, -0.1) is 11.3 Å². The van der Waals surface area contributed by atoms with Gasteiger partial charge in [0.15, 0.2) is 0 Å². The van der Waals surface area contributed by atoms with Crippen LogP contribution in [0.15, 0.2) is 29.6 Å². The molecule has 2 aromatic rings. The second kappa shape index (κ2) is 6.59. The van der Waals surface area contributed by atoms with Gasteiger partial charge in [0, 0.05) is 24.3 Å². The number of nitrogens with one attached hydrogen (secondary N) is 1. The number of carbonyl (C=O) groups is 1. The maximum Gasteiger partial charge on any atom is 0.255 e. The van der Waals surface area contributed by atoms with Crippen molar-refractivity contribution in [3.05, 3.63) is 35.2 Å². The van der Waals surface area contributed by atoms with E-state index in [0.29, 0.717) is 25.6 Å². The van der Waals surface area contributed by atoms with E-state index in [-0.39, 0.29) is 5.91 Å². The predicted molar refractivity (Wildman–Crippen MR) is 93.3 cm³/mol. The van der Waals surface area contributed by atoms with Crippen LogP contribution in [0.3, 0.4) is 0 Å². The van der Waals surface area contributed by atoms with Gasteiger partial charge in [-0.1, -0.05) is 12.1 Å². The fourth-order valence-electron chi connectivity index (χ4n) is 2.94. The van der Waals surface area contributed by atoms with Gasteiger partial charge < -0.3 is 4.90 Å². The van der Waals surface area contributed by atoms with Crippen molar-refractivity contribution in [2.75, 3.05) is 25.9 Å². The summed E-state index contributed by atoms with van der Waals surface area (Å²) in [4.78, 5) is 14.6. The first kappa shape index (κ1) is 16.4. The highest BCUT2D eigenvalue weighted by Gasteiger charge is 2.25. The second-order valence-electron chi connectivity index (χ2n) is 6.00. The molecule has 124 valence electrons. The third kappa shape index (κ3) is 3.91. The van der Waals surface area contributed by atoms with Crippen LogP contribution in [-0.2, 0) is 10.0 Å². The van der Waals surface area contributed by atoms with E-state index in [0.717, 1.165) is 28.5 Å². The molecule has 1 aromatic heterocycles. The maximum atomic E-state index is 12.8. The molecule has 0 bridgehead atoms. The Balaban J connectivity index is 1.63. The number of hydrogen-bond acceptors (Lipinski definition) is 4. The van der Waals surface area contributed by atoms with Crippen molar-refractivity contribution < 1.29 is 13.2 Å². The van der Waals surface area contributed by atoms with Crippen molar-refractivity contribution in [3.63, 3.8) is 0 Å². The summed E-state index contributed by atoms with van der Waals surface area (Å²) in [5, 5.41) is 3.11. The topological polar surface area (TPSA) is 66.5 Å². The van der Waals surface area contributed by atoms with Gasteiger partial charge in [0.05, 0.1) is 11.8 Å². The second-order valence-corrected chi connectivity index (χ2v) is 8.75. The molecule has 1 saturated heterocycles. The van der Waals surface area contributed by atoms with E-state index in [1.54, 1.807) is 11.3 Å². The van der Waals surface area contributed by atoms with Gasteiger partial charge in [0.1, 0.15) is 0 Å². The molecule has 1 N–H and O–H groups in total. The fourth-order valence-corrected chi connectivity index (χ4v) is 4.38. The van der Waals surface area contributed by atoms with Gasteiger partial charge in [0.2, 0.25) is 10.0 Å². The zero-order valence-corrected chi connectivity index (χ0v) is 14.6. The first-order valence-electron chi connectivity index (χ1n) is 7.64. The normalized spacial score (nSPS) is 16.8. The molecule has 0 atom stereocenters. The molecule has 3 rings (SSSR count). The van der Waals surface area contributed by atoms with E-state index in [2.05, 4.69) is 4.72 Å². The monoisotopic (exact) mass is 352 g/mol. The molecule has 23 heavy (non-hydrogen) atoms. The molecule has 0 saturated carbocycles. The highest BCUT2D eigenvalue weighted by molar-refractivity contribution is 7.88. The third-order valence-electron chi connectivity index (χ3n) is 4.25. The quantitative estimate of drug-likeness (QED) is 0.918. The number of carbonyl (C=O) groups excluding carboxylic acids is 1. The van der Waals surface area contributed by atoms with Crippen molar-refractivity contribution in [2.24, 2.45) is 5.92 Å². The largest absolute Gasteiger partial charge is 0.339 e. The Morgan fingerprint density at radius 3 is 2.74 bits per heavy atom. The Morgan fingerprint density at radius 1 is 1.30 bits per heavy atom. The number of fused-ring (bicyclic) bond motifs is 1. The van der Waals surface area contributed by atoms with Crippen LogP contribution in [0.2, 0.25) is 0 Å². The summed E-state index contributed by atoms with van der Waals surface area (Å²) in [5.74, 6) is 0.374. The molecule has 1 amide bonds. The molecule has 2 heterocycles. The summed E-state index contributed by atoms with van der Waals surface area (Å²) in [6.07, 6.45) is 2.83. The Hall–Kier alpha value is -1.44. The van der Waals surface area contributed by atoms with Crippen molar-refractivity contribution in [1.29, 1.82) is 0 Å². The summed E-state index contributed by atoms with van der Waals surface area (Å²) in [6.45, 7) is 1.81. The van der Waals surface area contributed by atoms with Gasteiger partial charge in [-0.3, -0.25) is 4.79 Å². The Kier molecular flexibility index (Phi) is 4.70. The molecule has 0 radical (unpaired) electrons. The first-order chi connectivity index (χ1) is 10.9. The van der Waals surface area contributed by atoms with Crippen molar-refractivity contribution in [3.8, 4) is 0 Å². The molecule has 1 aliphatic rings. The summed E-state index contributed by atoms with van der Waals surface area (Å²) in [5.41, 5.74) is 0.769. The van der Waals surface area contributed by atoms with Gasteiger partial charge in [-0.25, -0.2) is 13.1 Å². The lowest BCUT2D eigenvalue weighted by atomic mass is 9.96. The molecule has 1 aromatic carbocycles. The number of hydrogen-bond donors (Lipinski definition) is 1. The molecule has 0 unspecified atom stereocenters. The van der Waals surface area contributed by atoms with Crippen LogP contribution in [0.4, 0.5) is 0 Å². The minimum atomic E-state index is -3.14. The fraction of sp³-hybridized carbons (Fsp3) is 0.438. The van der Waals surface area contributed by atoms with Gasteiger partial charge in [-0.05, 0) is 41.7 Å². The van der Waals surface area contributed by atoms with E-state index in [4.69, 9.17) is 0 Å². The lowest BCUT2D eigenvalue weighted by Gasteiger charge is -2.32. The molecule has 1 aliphatic heterocycles. The Morgan fingerprint density at radius 2 is 2.04 bits per heavy atom. The van der Waals surface area contributed by atoms with Gasteiger partial charge in [0.25, 0.3) is 5.91 Å². The van der Waals surface area contributed by atoms with Crippen molar-refractivity contribution in [1.82, 2.24) is 9.62 Å². The highest BCUT2D eigenvalue weighted by Crippen LogP contribution is 2.27. The van der Waals surface area contributed by atoms with Crippen LogP contribution in [0.5, 0.6) is 0 Å². The number of rotatable bonds is 4. The zero-order valence-electron chi connectivity index (χ0n) is 13.0. The minimum Gasteiger partial charge on any atom is -0.339 e. The number of sulfonamides is 1. The number of piperidine rings is 1. The summed E-state index contributed by atoms with van der Waals surface area (Å²) >= 11 is 1.59. The van der Waals surface area contributed by atoms with Crippen LogP contribution >= 0.6 is 11.3 Å². The number of amides is 1. The molecular weight excluding hydrogens is 332 g/mol. The molecule has 1 fully saturated rings. The highest BCUT2D eigenvalue weighted by atomic mass is 32.2. The van der Waals surface area contributed by atoms with E-state index < -0.39 is 10.0 Å². The zero-order chi connectivity index (χ0) is 16.4. The maximum absolute atomic E-state index is 12.8. The van der Waals surface area contributed by atoms with Crippen molar-refractivity contribution in [2.45, 2.75) is 12.8 Å². The third-order valence-corrected chi connectivity index (χ3v) is 5.90. The number of benzene rings is 1. The van der Waals surface area contributed by atoms with Gasteiger partial charge >= 0.3 is 0 Å². The lowest BCUT2D eigenvalue weighted by molar-refractivity contribution is 0.0694. The average molecular weight is 352 g/mol.